The van der Waals surface area contributed by atoms with E-state index in [0.29, 0.717) is 13.2 Å². The molecule has 0 radical (unpaired) electrons. The molecule has 2 heterocycles. The van der Waals surface area contributed by atoms with E-state index in [9.17, 15) is 0 Å². The zero-order valence-electron chi connectivity index (χ0n) is 13.8. The lowest BCUT2D eigenvalue weighted by molar-refractivity contribution is 0.171. The summed E-state index contributed by atoms with van der Waals surface area (Å²) in [4.78, 5) is 5.16. The van der Waals surface area contributed by atoms with Crippen molar-refractivity contribution in [3.8, 4) is 22.8 Å². The Morgan fingerprint density at radius 2 is 1.84 bits per heavy atom. The highest BCUT2D eigenvalue weighted by Crippen LogP contribution is 2.30. The van der Waals surface area contributed by atoms with Crippen LogP contribution in [0.15, 0.2) is 64.0 Å². The Morgan fingerprint density at radius 3 is 2.64 bits per heavy atom. The molecule has 1 aromatic heterocycles. The number of aromatic nitrogens is 1. The third kappa shape index (κ3) is 3.21. The van der Waals surface area contributed by atoms with Gasteiger partial charge in [0.15, 0.2) is 11.5 Å². The lowest BCUT2D eigenvalue weighted by atomic mass is 10.2. The van der Waals surface area contributed by atoms with Gasteiger partial charge in [0.1, 0.15) is 13.2 Å². The summed E-state index contributed by atoms with van der Waals surface area (Å²) in [6.07, 6.45) is 1.81. The highest BCUT2D eigenvalue weighted by Gasteiger charge is 2.11. The van der Waals surface area contributed by atoms with Crippen molar-refractivity contribution in [2.45, 2.75) is 0 Å². The molecule has 3 aromatic rings. The van der Waals surface area contributed by atoms with Crippen LogP contribution in [-0.2, 0) is 0 Å². The number of hydrogen-bond donors (Lipinski definition) is 0. The first-order valence-corrected chi connectivity index (χ1v) is 8.86. The summed E-state index contributed by atoms with van der Waals surface area (Å²) in [7, 11) is 1.77. The first-order valence-electron chi connectivity index (χ1n) is 7.98. The molecule has 0 fully saturated rings. The summed E-state index contributed by atoms with van der Waals surface area (Å²) in [6.45, 7) is 1.16. The first kappa shape index (κ1) is 15.7. The topological polar surface area (TPSA) is 48.1 Å². The molecule has 0 aliphatic carbocycles. The molecule has 6 heteroatoms. The lowest BCUT2D eigenvalue weighted by Gasteiger charge is -2.18. The van der Waals surface area contributed by atoms with E-state index in [-0.39, 0.29) is 0 Å². The zero-order valence-corrected chi connectivity index (χ0v) is 14.6. The quantitative estimate of drug-likeness (QED) is 0.679. The van der Waals surface area contributed by atoms with E-state index in [4.69, 9.17) is 9.47 Å². The molecule has 1 aliphatic rings. The second kappa shape index (κ2) is 6.94. The largest absolute Gasteiger partial charge is 0.486 e. The van der Waals surface area contributed by atoms with E-state index in [1.807, 2.05) is 47.3 Å². The highest BCUT2D eigenvalue weighted by molar-refractivity contribution is 7.07. The highest BCUT2D eigenvalue weighted by atomic mass is 32.1. The Morgan fingerprint density at radius 1 is 1.04 bits per heavy atom. The maximum Gasteiger partial charge on any atom is 0.205 e. The van der Waals surface area contributed by atoms with Crippen LogP contribution in [0.25, 0.3) is 11.3 Å². The smallest absolute Gasteiger partial charge is 0.205 e. The molecule has 2 aromatic carbocycles. The summed E-state index contributed by atoms with van der Waals surface area (Å²) in [6, 6.07) is 16.0. The van der Waals surface area contributed by atoms with Gasteiger partial charge in [-0.05, 0) is 23.8 Å². The van der Waals surface area contributed by atoms with Crippen LogP contribution in [0.4, 0.5) is 0 Å². The van der Waals surface area contributed by atoms with Crippen molar-refractivity contribution in [1.82, 2.24) is 4.68 Å². The van der Waals surface area contributed by atoms with Crippen LogP contribution in [0.3, 0.4) is 0 Å². The second-order valence-corrected chi connectivity index (χ2v) is 6.29. The van der Waals surface area contributed by atoms with E-state index in [2.05, 4.69) is 27.6 Å². The van der Waals surface area contributed by atoms with E-state index in [0.717, 1.165) is 33.1 Å². The molecular weight excluding hydrogens is 334 g/mol. The van der Waals surface area contributed by atoms with Gasteiger partial charge in [-0.15, -0.1) is 11.3 Å². The van der Waals surface area contributed by atoms with Crippen molar-refractivity contribution >= 4 is 17.6 Å². The Kier molecular flexibility index (Phi) is 4.35. The van der Waals surface area contributed by atoms with Gasteiger partial charge >= 0.3 is 0 Å². The van der Waals surface area contributed by atoms with Crippen LogP contribution >= 0.6 is 11.3 Å². The Bertz CT molecular complexity index is 974. The average molecular weight is 351 g/mol. The van der Waals surface area contributed by atoms with Gasteiger partial charge in [-0.1, -0.05) is 30.3 Å². The Labute approximate surface area is 149 Å². The Balaban J connectivity index is 1.71. The van der Waals surface area contributed by atoms with Crippen molar-refractivity contribution in [3.63, 3.8) is 0 Å². The molecule has 25 heavy (non-hydrogen) atoms. The molecule has 1 aliphatic heterocycles. The third-order valence-electron chi connectivity index (χ3n) is 3.83. The minimum atomic E-state index is 0.573. The van der Waals surface area contributed by atoms with Crippen molar-refractivity contribution in [1.29, 1.82) is 0 Å². The molecule has 0 amide bonds. The number of ether oxygens (including phenoxy) is 2. The van der Waals surface area contributed by atoms with E-state index < -0.39 is 0 Å². The molecule has 0 atom stereocenters. The first-order chi connectivity index (χ1) is 12.3. The van der Waals surface area contributed by atoms with E-state index in [1.165, 1.54) is 0 Å². The maximum absolute atomic E-state index is 5.63. The molecule has 0 saturated heterocycles. The fraction of sp³-hybridized carbons (Fsp3) is 0.158. The SMILES string of the molecule is CN=c1scc(-c2ccccc2)n1/N=C/c1ccc2c(c1)OCCO2. The maximum atomic E-state index is 5.63. The van der Waals surface area contributed by atoms with Gasteiger partial charge in [0, 0.05) is 18.0 Å². The van der Waals surface area contributed by atoms with Crippen LogP contribution in [0.1, 0.15) is 5.56 Å². The van der Waals surface area contributed by atoms with Crippen molar-refractivity contribution in [2.75, 3.05) is 20.3 Å². The molecule has 126 valence electrons. The van der Waals surface area contributed by atoms with Gasteiger partial charge in [-0.25, -0.2) is 4.68 Å². The van der Waals surface area contributed by atoms with Gasteiger partial charge in [0.2, 0.25) is 4.80 Å². The predicted molar refractivity (Wildman–Crippen MR) is 99.7 cm³/mol. The fourth-order valence-corrected chi connectivity index (χ4v) is 3.44. The van der Waals surface area contributed by atoms with E-state index in [1.54, 1.807) is 18.4 Å². The molecule has 0 saturated carbocycles. The predicted octanol–water partition coefficient (Wildman–Crippen LogP) is 3.40. The minimum Gasteiger partial charge on any atom is -0.486 e. The summed E-state index contributed by atoms with van der Waals surface area (Å²) in [5.74, 6) is 1.54. The lowest BCUT2D eigenvalue weighted by Crippen LogP contribution is -2.15. The number of hydrogen-bond acceptors (Lipinski definition) is 5. The van der Waals surface area contributed by atoms with Gasteiger partial charge < -0.3 is 9.47 Å². The van der Waals surface area contributed by atoms with Crippen LogP contribution in [0.5, 0.6) is 11.5 Å². The normalized spacial score (nSPS) is 14.2. The summed E-state index contributed by atoms with van der Waals surface area (Å²) >= 11 is 1.57. The molecule has 5 nitrogen and oxygen atoms in total. The van der Waals surface area contributed by atoms with Crippen LogP contribution in [-0.4, -0.2) is 31.2 Å². The van der Waals surface area contributed by atoms with Crippen molar-refractivity contribution in [2.24, 2.45) is 10.1 Å². The average Bonchev–Trinajstić information content (AvgIpc) is 3.10. The minimum absolute atomic E-state index is 0.573. The molecule has 0 unspecified atom stereocenters. The number of benzene rings is 2. The van der Waals surface area contributed by atoms with Crippen molar-refractivity contribution in [3.05, 3.63) is 64.3 Å². The zero-order chi connectivity index (χ0) is 17.1. The monoisotopic (exact) mass is 351 g/mol. The molecule has 0 spiro atoms. The molecule has 4 rings (SSSR count). The van der Waals surface area contributed by atoms with Crippen LogP contribution in [0.2, 0.25) is 0 Å². The number of rotatable bonds is 3. The number of thiazole rings is 1. The summed E-state index contributed by atoms with van der Waals surface area (Å²) in [5.41, 5.74) is 3.07. The van der Waals surface area contributed by atoms with Crippen LogP contribution < -0.4 is 14.3 Å². The van der Waals surface area contributed by atoms with Crippen molar-refractivity contribution < 1.29 is 9.47 Å². The summed E-state index contributed by atoms with van der Waals surface area (Å²) < 4.78 is 13.0. The van der Waals surface area contributed by atoms with Gasteiger partial charge in [0.05, 0.1) is 11.9 Å². The van der Waals surface area contributed by atoms with Gasteiger partial charge in [-0.3, -0.25) is 4.99 Å². The van der Waals surface area contributed by atoms with Gasteiger partial charge in [0.25, 0.3) is 0 Å². The van der Waals surface area contributed by atoms with Gasteiger partial charge in [-0.2, -0.15) is 5.10 Å². The second-order valence-electron chi connectivity index (χ2n) is 5.45. The molecular formula is C19H17N3O2S. The Hall–Kier alpha value is -2.86. The number of nitrogens with zero attached hydrogens (tertiary/aromatic N) is 3. The third-order valence-corrected chi connectivity index (χ3v) is 4.74. The molecule has 0 bridgehead atoms. The standard InChI is InChI=1S/C19H17N3O2S/c1-20-19-22(16(13-25-19)15-5-3-2-4-6-15)21-12-14-7-8-17-18(11-14)24-10-9-23-17/h2-8,11-13H,9-10H2,1H3/b20-19?,21-12+. The molecule has 0 N–H and O–H groups in total. The van der Waals surface area contributed by atoms with Crippen LogP contribution in [0, 0.1) is 0 Å². The number of fused-ring (bicyclic) bond motifs is 1. The van der Waals surface area contributed by atoms with E-state index >= 15 is 0 Å². The fourth-order valence-electron chi connectivity index (χ4n) is 2.63. The summed E-state index contributed by atoms with van der Waals surface area (Å²) in [5, 5.41) is 6.71.